The SMILES string of the molecule is S=c1nc(C2COc3ccccc3O2)[nH]c2c1CCCC2. The van der Waals surface area contributed by atoms with Gasteiger partial charge in [0, 0.05) is 11.3 Å². The predicted molar refractivity (Wildman–Crippen MR) is 81.4 cm³/mol. The largest absolute Gasteiger partial charge is 0.485 e. The summed E-state index contributed by atoms with van der Waals surface area (Å²) < 4.78 is 12.5. The number of hydrogen-bond donors (Lipinski definition) is 1. The first-order valence-corrected chi connectivity index (χ1v) is 7.72. The molecular formula is C16H16N2O2S. The van der Waals surface area contributed by atoms with Crippen LogP contribution in [0, 0.1) is 4.64 Å². The minimum atomic E-state index is -0.228. The Labute approximate surface area is 128 Å². The van der Waals surface area contributed by atoms with Crippen molar-refractivity contribution in [3.8, 4) is 11.5 Å². The molecule has 0 spiro atoms. The first-order chi connectivity index (χ1) is 10.3. The Morgan fingerprint density at radius 3 is 2.86 bits per heavy atom. The van der Waals surface area contributed by atoms with Crippen molar-refractivity contribution in [1.82, 2.24) is 9.97 Å². The summed E-state index contributed by atoms with van der Waals surface area (Å²) in [6, 6.07) is 7.70. The summed E-state index contributed by atoms with van der Waals surface area (Å²) in [5.41, 5.74) is 2.43. The number of nitrogens with one attached hydrogen (secondary N) is 1. The molecule has 1 N–H and O–H groups in total. The molecule has 4 nitrogen and oxygen atoms in total. The van der Waals surface area contributed by atoms with Gasteiger partial charge in [-0.05, 0) is 37.8 Å². The highest BCUT2D eigenvalue weighted by molar-refractivity contribution is 7.71. The average molecular weight is 300 g/mol. The van der Waals surface area contributed by atoms with E-state index in [1.54, 1.807) is 0 Å². The highest BCUT2D eigenvalue weighted by Crippen LogP contribution is 2.35. The number of benzene rings is 1. The van der Waals surface area contributed by atoms with E-state index in [9.17, 15) is 0 Å². The topological polar surface area (TPSA) is 47.1 Å². The molecule has 108 valence electrons. The van der Waals surface area contributed by atoms with Gasteiger partial charge in [0.25, 0.3) is 0 Å². The van der Waals surface area contributed by atoms with Crippen LogP contribution >= 0.6 is 12.2 Å². The predicted octanol–water partition coefficient (Wildman–Crippen LogP) is 3.53. The summed E-state index contributed by atoms with van der Waals surface area (Å²) in [5, 5.41) is 0. The van der Waals surface area contributed by atoms with Crippen LogP contribution in [0.2, 0.25) is 0 Å². The van der Waals surface area contributed by atoms with E-state index >= 15 is 0 Å². The zero-order chi connectivity index (χ0) is 14.2. The third kappa shape index (κ3) is 2.31. The van der Waals surface area contributed by atoms with Gasteiger partial charge in [0.2, 0.25) is 0 Å². The monoisotopic (exact) mass is 300 g/mol. The van der Waals surface area contributed by atoms with Crippen LogP contribution in [0.4, 0.5) is 0 Å². The first-order valence-electron chi connectivity index (χ1n) is 7.32. The van der Waals surface area contributed by atoms with Gasteiger partial charge in [-0.15, -0.1) is 0 Å². The van der Waals surface area contributed by atoms with Gasteiger partial charge in [-0.1, -0.05) is 24.4 Å². The molecule has 21 heavy (non-hydrogen) atoms. The third-order valence-corrected chi connectivity index (χ3v) is 4.38. The van der Waals surface area contributed by atoms with Gasteiger partial charge in [0.1, 0.15) is 11.2 Å². The van der Waals surface area contributed by atoms with E-state index in [2.05, 4.69) is 9.97 Å². The quantitative estimate of drug-likeness (QED) is 0.818. The Morgan fingerprint density at radius 2 is 1.95 bits per heavy atom. The van der Waals surface area contributed by atoms with Crippen molar-refractivity contribution in [3.05, 3.63) is 46.0 Å². The van der Waals surface area contributed by atoms with E-state index in [4.69, 9.17) is 21.7 Å². The van der Waals surface area contributed by atoms with Crippen molar-refractivity contribution in [2.24, 2.45) is 0 Å². The molecule has 0 bridgehead atoms. The van der Waals surface area contributed by atoms with Gasteiger partial charge < -0.3 is 14.5 Å². The number of H-pyrrole nitrogens is 1. The normalized spacial score (nSPS) is 19.9. The number of fused-ring (bicyclic) bond motifs is 2. The third-order valence-electron chi connectivity index (χ3n) is 4.04. The lowest BCUT2D eigenvalue weighted by molar-refractivity contribution is 0.0847. The second-order valence-electron chi connectivity index (χ2n) is 5.46. The summed E-state index contributed by atoms with van der Waals surface area (Å²) in [7, 11) is 0. The first kappa shape index (κ1) is 12.8. The molecule has 1 aliphatic heterocycles. The molecule has 2 aromatic rings. The molecule has 0 fully saturated rings. The molecule has 0 saturated carbocycles. The van der Waals surface area contributed by atoms with Gasteiger partial charge in [-0.3, -0.25) is 0 Å². The Morgan fingerprint density at radius 1 is 1.14 bits per heavy atom. The Hall–Kier alpha value is -1.88. The van der Waals surface area contributed by atoms with Gasteiger partial charge in [-0.25, -0.2) is 4.98 Å². The maximum atomic E-state index is 6.00. The smallest absolute Gasteiger partial charge is 0.190 e. The van der Waals surface area contributed by atoms with Crippen LogP contribution in [-0.2, 0) is 12.8 Å². The lowest BCUT2D eigenvalue weighted by Crippen LogP contribution is -2.24. The van der Waals surface area contributed by atoms with Gasteiger partial charge >= 0.3 is 0 Å². The van der Waals surface area contributed by atoms with Crippen molar-refractivity contribution in [1.29, 1.82) is 0 Å². The van der Waals surface area contributed by atoms with Crippen LogP contribution in [0.5, 0.6) is 11.5 Å². The molecule has 0 radical (unpaired) electrons. The minimum Gasteiger partial charge on any atom is -0.485 e. The van der Waals surface area contributed by atoms with Crippen LogP contribution < -0.4 is 9.47 Å². The highest BCUT2D eigenvalue weighted by atomic mass is 32.1. The summed E-state index contributed by atoms with van der Waals surface area (Å²) >= 11 is 5.45. The van der Waals surface area contributed by atoms with Crippen LogP contribution in [0.25, 0.3) is 0 Å². The zero-order valence-corrected chi connectivity index (χ0v) is 12.4. The molecule has 1 aromatic carbocycles. The molecule has 2 aliphatic rings. The molecule has 1 unspecified atom stereocenters. The molecule has 4 rings (SSSR count). The van der Waals surface area contributed by atoms with Gasteiger partial charge in [-0.2, -0.15) is 0 Å². The summed E-state index contributed by atoms with van der Waals surface area (Å²) in [5.74, 6) is 2.31. The van der Waals surface area contributed by atoms with E-state index < -0.39 is 0 Å². The Kier molecular flexibility index (Phi) is 3.15. The zero-order valence-electron chi connectivity index (χ0n) is 11.6. The van der Waals surface area contributed by atoms with E-state index in [-0.39, 0.29) is 6.10 Å². The van der Waals surface area contributed by atoms with Crippen LogP contribution in [0.15, 0.2) is 24.3 Å². The fourth-order valence-electron chi connectivity index (χ4n) is 2.95. The molecule has 0 saturated heterocycles. The number of rotatable bonds is 1. The summed E-state index contributed by atoms with van der Waals surface area (Å²) in [6.07, 6.45) is 4.24. The average Bonchev–Trinajstić information content (AvgIpc) is 2.54. The van der Waals surface area contributed by atoms with Gasteiger partial charge in [0.15, 0.2) is 23.4 Å². The number of aromatic nitrogens is 2. The maximum absolute atomic E-state index is 6.00. The number of aryl methyl sites for hydroxylation is 1. The fourth-order valence-corrected chi connectivity index (χ4v) is 3.27. The number of para-hydroxylation sites is 2. The lowest BCUT2D eigenvalue weighted by Gasteiger charge is -2.27. The van der Waals surface area contributed by atoms with Crippen molar-refractivity contribution in [2.75, 3.05) is 6.61 Å². The number of ether oxygens (including phenoxy) is 2. The fraction of sp³-hybridized carbons (Fsp3) is 0.375. The van der Waals surface area contributed by atoms with E-state index in [0.29, 0.717) is 11.2 Å². The molecule has 2 heterocycles. The van der Waals surface area contributed by atoms with Crippen LogP contribution in [-0.4, -0.2) is 16.6 Å². The molecule has 1 aliphatic carbocycles. The van der Waals surface area contributed by atoms with Crippen molar-refractivity contribution < 1.29 is 9.47 Å². The number of nitrogens with zero attached hydrogens (tertiary/aromatic N) is 1. The summed E-state index contributed by atoms with van der Waals surface area (Å²) in [6.45, 7) is 0.452. The maximum Gasteiger partial charge on any atom is 0.190 e. The van der Waals surface area contributed by atoms with Crippen molar-refractivity contribution in [3.63, 3.8) is 0 Å². The Bertz CT molecular complexity index is 741. The highest BCUT2D eigenvalue weighted by Gasteiger charge is 2.25. The van der Waals surface area contributed by atoms with Crippen LogP contribution in [0.3, 0.4) is 0 Å². The molecule has 1 atom stereocenters. The second kappa shape index (κ2) is 5.15. The van der Waals surface area contributed by atoms with Crippen LogP contribution in [0.1, 0.15) is 36.0 Å². The number of aromatic amines is 1. The standard InChI is InChI=1S/C16H16N2O2S/c21-16-10-5-1-2-6-11(10)17-15(18-16)14-9-19-12-7-3-4-8-13(12)20-14/h3-4,7-8,14H,1-2,5-6,9H2,(H,17,18,21). The lowest BCUT2D eigenvalue weighted by atomic mass is 9.97. The molecular weight excluding hydrogens is 284 g/mol. The van der Waals surface area contributed by atoms with Crippen molar-refractivity contribution >= 4 is 12.2 Å². The molecule has 0 amide bonds. The summed E-state index contributed by atoms with van der Waals surface area (Å²) in [4.78, 5) is 7.96. The molecule has 1 aromatic heterocycles. The molecule has 5 heteroatoms. The number of hydrogen-bond acceptors (Lipinski definition) is 4. The van der Waals surface area contributed by atoms with E-state index in [0.717, 1.165) is 30.2 Å². The second-order valence-corrected chi connectivity index (χ2v) is 5.84. The Balaban J connectivity index is 1.69. The van der Waals surface area contributed by atoms with Crippen molar-refractivity contribution in [2.45, 2.75) is 31.8 Å². The van der Waals surface area contributed by atoms with E-state index in [1.807, 2.05) is 24.3 Å². The minimum absolute atomic E-state index is 0.228. The van der Waals surface area contributed by atoms with Gasteiger partial charge in [0.05, 0.1) is 0 Å². The van der Waals surface area contributed by atoms with E-state index in [1.165, 1.54) is 24.1 Å².